The summed E-state index contributed by atoms with van der Waals surface area (Å²) in [6, 6.07) is 6.15. The Kier molecular flexibility index (Phi) is 4.08. The predicted octanol–water partition coefficient (Wildman–Crippen LogP) is 1.90. The van der Waals surface area contributed by atoms with Gasteiger partial charge < -0.3 is 15.0 Å². The average molecular weight is 379 g/mol. The first-order chi connectivity index (χ1) is 13.5. The van der Waals surface area contributed by atoms with Gasteiger partial charge in [-0.2, -0.15) is 0 Å². The van der Waals surface area contributed by atoms with Crippen molar-refractivity contribution in [2.45, 2.75) is 38.4 Å². The van der Waals surface area contributed by atoms with Crippen LogP contribution >= 0.6 is 0 Å². The number of aromatic nitrogens is 3. The first-order valence-corrected chi connectivity index (χ1v) is 9.97. The van der Waals surface area contributed by atoms with Crippen LogP contribution in [0.5, 0.6) is 0 Å². The third-order valence-electron chi connectivity index (χ3n) is 6.49. The quantitative estimate of drug-likeness (QED) is 0.874. The molecule has 28 heavy (non-hydrogen) atoms. The minimum absolute atomic E-state index is 0.0881. The Labute approximate surface area is 164 Å². The molecule has 5 rings (SSSR count). The van der Waals surface area contributed by atoms with E-state index in [9.17, 15) is 4.79 Å². The van der Waals surface area contributed by atoms with Crippen LogP contribution in [0, 0.1) is 25.7 Å². The maximum atomic E-state index is 12.5. The molecule has 3 saturated heterocycles. The van der Waals surface area contributed by atoms with Crippen molar-refractivity contribution in [3.63, 3.8) is 0 Å². The Hall–Kier alpha value is -2.54. The van der Waals surface area contributed by atoms with Crippen molar-refractivity contribution < 1.29 is 9.53 Å². The van der Waals surface area contributed by atoms with Crippen molar-refractivity contribution in [1.82, 2.24) is 20.3 Å². The standard InChI is InChI=1S/C21H25N5O2/c1-13-4-3-5-19(25-13)26-11-16-15(18-6-7-21(16,12-26)28-18)9-24-20(27)17-10-22-14(2)8-23-17/h3-5,8,10,15-16,18H,6-7,9,11-12H2,1-2H3,(H,24,27)/t15-,16+,18+,21+/m0/s1. The summed E-state index contributed by atoms with van der Waals surface area (Å²) in [5.41, 5.74) is 2.10. The molecule has 0 aliphatic carbocycles. The van der Waals surface area contributed by atoms with E-state index in [2.05, 4.69) is 32.3 Å². The zero-order valence-corrected chi connectivity index (χ0v) is 16.3. The number of nitrogens with zero attached hydrogens (tertiary/aromatic N) is 4. The molecule has 3 aliphatic rings. The average Bonchev–Trinajstić information content (AvgIpc) is 3.35. The highest BCUT2D eigenvalue weighted by molar-refractivity contribution is 5.91. The highest BCUT2D eigenvalue weighted by Gasteiger charge is 2.63. The van der Waals surface area contributed by atoms with Gasteiger partial charge in [-0.05, 0) is 38.8 Å². The maximum Gasteiger partial charge on any atom is 0.271 e. The van der Waals surface area contributed by atoms with E-state index in [1.165, 1.54) is 6.20 Å². The predicted molar refractivity (Wildman–Crippen MR) is 104 cm³/mol. The molecule has 4 atom stereocenters. The fourth-order valence-electron chi connectivity index (χ4n) is 5.15. The van der Waals surface area contributed by atoms with E-state index in [-0.39, 0.29) is 17.6 Å². The first-order valence-electron chi connectivity index (χ1n) is 9.97. The van der Waals surface area contributed by atoms with Gasteiger partial charge in [0, 0.05) is 43.4 Å². The lowest BCUT2D eigenvalue weighted by atomic mass is 9.73. The monoisotopic (exact) mass is 379 g/mol. The van der Waals surface area contributed by atoms with Gasteiger partial charge in [-0.15, -0.1) is 0 Å². The zero-order chi connectivity index (χ0) is 19.3. The molecular formula is C21H25N5O2. The molecule has 2 aromatic rings. The molecule has 0 saturated carbocycles. The normalized spacial score (nSPS) is 30.5. The third-order valence-corrected chi connectivity index (χ3v) is 6.49. The molecule has 3 aliphatic heterocycles. The van der Waals surface area contributed by atoms with Crippen LogP contribution in [0.3, 0.4) is 0 Å². The van der Waals surface area contributed by atoms with Gasteiger partial charge in [0.05, 0.1) is 23.6 Å². The Morgan fingerprint density at radius 2 is 2.18 bits per heavy atom. The molecule has 1 amide bonds. The summed E-state index contributed by atoms with van der Waals surface area (Å²) in [6.07, 6.45) is 5.55. The maximum absolute atomic E-state index is 12.5. The van der Waals surface area contributed by atoms with E-state index < -0.39 is 0 Å². The number of aryl methyl sites for hydroxylation is 2. The smallest absolute Gasteiger partial charge is 0.271 e. The van der Waals surface area contributed by atoms with Crippen molar-refractivity contribution in [3.8, 4) is 0 Å². The number of carbonyl (C=O) groups is 1. The van der Waals surface area contributed by atoms with E-state index in [1.54, 1.807) is 6.20 Å². The van der Waals surface area contributed by atoms with Gasteiger partial charge in [0.25, 0.3) is 5.91 Å². The van der Waals surface area contributed by atoms with Crippen LogP contribution in [0.15, 0.2) is 30.6 Å². The second-order valence-electron chi connectivity index (χ2n) is 8.30. The van der Waals surface area contributed by atoms with E-state index in [0.717, 1.165) is 43.1 Å². The van der Waals surface area contributed by atoms with Crippen LogP contribution in [-0.4, -0.2) is 52.2 Å². The lowest BCUT2D eigenvalue weighted by Gasteiger charge is -2.29. The molecule has 7 heteroatoms. The van der Waals surface area contributed by atoms with Gasteiger partial charge in [0.15, 0.2) is 0 Å². The summed E-state index contributed by atoms with van der Waals surface area (Å²) in [7, 11) is 0. The van der Waals surface area contributed by atoms with Crippen molar-refractivity contribution in [3.05, 3.63) is 47.7 Å². The summed E-state index contributed by atoms with van der Waals surface area (Å²) in [5.74, 6) is 1.59. The van der Waals surface area contributed by atoms with Crippen LogP contribution in [0.2, 0.25) is 0 Å². The number of anilines is 1. The molecule has 0 unspecified atom stereocenters. The Balaban J connectivity index is 1.29. The number of rotatable bonds is 4. The minimum Gasteiger partial charge on any atom is -0.369 e. The topological polar surface area (TPSA) is 80.2 Å². The van der Waals surface area contributed by atoms with Crippen molar-refractivity contribution in [2.75, 3.05) is 24.5 Å². The molecule has 2 aromatic heterocycles. The third kappa shape index (κ3) is 2.85. The lowest BCUT2D eigenvalue weighted by Crippen LogP contribution is -2.42. The van der Waals surface area contributed by atoms with Crippen molar-refractivity contribution in [2.24, 2.45) is 11.8 Å². The number of carbonyl (C=O) groups excluding carboxylic acids is 1. The van der Waals surface area contributed by atoms with Crippen molar-refractivity contribution in [1.29, 1.82) is 0 Å². The fraction of sp³-hybridized carbons (Fsp3) is 0.524. The Bertz CT molecular complexity index is 902. The van der Waals surface area contributed by atoms with Crippen molar-refractivity contribution >= 4 is 11.7 Å². The van der Waals surface area contributed by atoms with Crippen LogP contribution in [0.25, 0.3) is 0 Å². The van der Waals surface area contributed by atoms with E-state index >= 15 is 0 Å². The van der Waals surface area contributed by atoms with Crippen LogP contribution < -0.4 is 10.2 Å². The molecule has 5 heterocycles. The van der Waals surface area contributed by atoms with Gasteiger partial charge in [-0.25, -0.2) is 9.97 Å². The number of nitrogens with one attached hydrogen (secondary N) is 1. The number of fused-ring (bicyclic) bond motifs is 1. The molecule has 1 spiro atoms. The number of pyridine rings is 1. The number of hydrogen-bond acceptors (Lipinski definition) is 6. The SMILES string of the molecule is Cc1cnc(C(=O)NC[C@H]2[C@H]3CN(c4cccc(C)n4)C[C@]34CC[C@H]2O4)cn1. The van der Waals surface area contributed by atoms with Crippen LogP contribution in [0.4, 0.5) is 5.82 Å². The van der Waals surface area contributed by atoms with Gasteiger partial charge in [-0.1, -0.05) is 6.07 Å². The summed E-state index contributed by atoms with van der Waals surface area (Å²) in [4.78, 5) is 27.8. The zero-order valence-electron chi connectivity index (χ0n) is 16.3. The summed E-state index contributed by atoms with van der Waals surface area (Å²) >= 11 is 0. The Morgan fingerprint density at radius 1 is 1.29 bits per heavy atom. The second kappa shape index (κ2) is 6.51. The Morgan fingerprint density at radius 3 is 2.96 bits per heavy atom. The fourth-order valence-corrected chi connectivity index (χ4v) is 5.15. The molecular weight excluding hydrogens is 354 g/mol. The molecule has 2 bridgehead atoms. The number of ether oxygens (including phenoxy) is 1. The van der Waals surface area contributed by atoms with Crippen LogP contribution in [-0.2, 0) is 4.74 Å². The summed E-state index contributed by atoms with van der Waals surface area (Å²) in [5, 5.41) is 3.06. The molecule has 7 nitrogen and oxygen atoms in total. The van der Waals surface area contributed by atoms with E-state index in [0.29, 0.717) is 24.1 Å². The van der Waals surface area contributed by atoms with Gasteiger partial charge >= 0.3 is 0 Å². The second-order valence-corrected chi connectivity index (χ2v) is 8.30. The van der Waals surface area contributed by atoms with E-state index in [4.69, 9.17) is 9.72 Å². The summed E-state index contributed by atoms with van der Waals surface area (Å²) < 4.78 is 6.48. The lowest BCUT2D eigenvalue weighted by molar-refractivity contribution is 0.0141. The molecule has 1 N–H and O–H groups in total. The largest absolute Gasteiger partial charge is 0.369 e. The van der Waals surface area contributed by atoms with E-state index in [1.807, 2.05) is 19.9 Å². The summed E-state index contributed by atoms with van der Waals surface area (Å²) in [6.45, 7) is 6.31. The molecule has 146 valence electrons. The van der Waals surface area contributed by atoms with Crippen LogP contribution in [0.1, 0.15) is 34.7 Å². The molecule has 0 radical (unpaired) electrons. The highest BCUT2D eigenvalue weighted by Crippen LogP contribution is 2.55. The van der Waals surface area contributed by atoms with Gasteiger partial charge in [0.2, 0.25) is 0 Å². The molecule has 3 fully saturated rings. The minimum atomic E-state index is -0.167. The molecule has 0 aromatic carbocycles. The van der Waals surface area contributed by atoms with Gasteiger partial charge in [0.1, 0.15) is 11.5 Å². The number of amides is 1. The van der Waals surface area contributed by atoms with Gasteiger partial charge in [-0.3, -0.25) is 9.78 Å². The number of hydrogen-bond donors (Lipinski definition) is 1. The highest BCUT2D eigenvalue weighted by atomic mass is 16.5. The first kappa shape index (κ1) is 17.6.